The van der Waals surface area contributed by atoms with Crippen LogP contribution in [-0.2, 0) is 0 Å². The van der Waals surface area contributed by atoms with E-state index in [-0.39, 0.29) is 29.8 Å². The van der Waals surface area contributed by atoms with Crippen molar-refractivity contribution in [3.63, 3.8) is 0 Å². The molecule has 1 fully saturated rings. The average molecular weight is 397 g/mol. The molecule has 1 aliphatic rings. The number of benzene rings is 1. The molecule has 2 aromatic rings. The van der Waals surface area contributed by atoms with Crippen LogP contribution in [0, 0.1) is 11.3 Å². The van der Waals surface area contributed by atoms with E-state index in [1.54, 1.807) is 32.4 Å². The van der Waals surface area contributed by atoms with Crippen molar-refractivity contribution in [2.75, 3.05) is 19.5 Å². The minimum Gasteiger partial charge on any atom is -0.497 e. The standard InChI is InChI=1S/C20H23N5O4/c1-27-16-9-14(10-17(11-16)28-2)25-20(26)24-13-3-5-15(6-4-13)29-19-18(12-21)22-7-8-23-19/h7-11,13,15H,3-6H2,1-2H3,(H2,24,25,26). The summed E-state index contributed by atoms with van der Waals surface area (Å²) in [5.74, 6) is 1.45. The van der Waals surface area contributed by atoms with Crippen LogP contribution in [0.5, 0.6) is 17.4 Å². The quantitative estimate of drug-likeness (QED) is 0.769. The summed E-state index contributed by atoms with van der Waals surface area (Å²) in [6.45, 7) is 0. The molecule has 1 aliphatic carbocycles. The van der Waals surface area contributed by atoms with E-state index in [1.807, 2.05) is 6.07 Å². The largest absolute Gasteiger partial charge is 0.497 e. The summed E-state index contributed by atoms with van der Waals surface area (Å²) in [7, 11) is 3.11. The first kappa shape index (κ1) is 20.2. The number of aromatic nitrogens is 2. The van der Waals surface area contributed by atoms with Crippen molar-refractivity contribution in [3.05, 3.63) is 36.3 Å². The smallest absolute Gasteiger partial charge is 0.319 e. The lowest BCUT2D eigenvalue weighted by Gasteiger charge is -2.29. The number of nitrogens with zero attached hydrogens (tertiary/aromatic N) is 3. The Kier molecular flexibility index (Phi) is 6.68. The van der Waals surface area contributed by atoms with Crippen molar-refractivity contribution in [2.24, 2.45) is 0 Å². The van der Waals surface area contributed by atoms with Gasteiger partial charge in [-0.05, 0) is 25.7 Å². The van der Waals surface area contributed by atoms with E-state index in [2.05, 4.69) is 20.6 Å². The number of hydrogen-bond donors (Lipinski definition) is 2. The second-order valence-corrected chi connectivity index (χ2v) is 6.61. The summed E-state index contributed by atoms with van der Waals surface area (Å²) in [5, 5.41) is 14.9. The summed E-state index contributed by atoms with van der Waals surface area (Å²) in [6, 6.07) is 6.91. The Labute approximate surface area is 169 Å². The Morgan fingerprint density at radius 3 is 2.34 bits per heavy atom. The lowest BCUT2D eigenvalue weighted by atomic mass is 9.93. The van der Waals surface area contributed by atoms with Gasteiger partial charge in [0.05, 0.1) is 14.2 Å². The first-order chi connectivity index (χ1) is 14.1. The highest BCUT2D eigenvalue weighted by atomic mass is 16.5. The Morgan fingerprint density at radius 1 is 1.07 bits per heavy atom. The summed E-state index contributed by atoms with van der Waals surface area (Å²) in [6.07, 6.45) is 5.94. The Morgan fingerprint density at radius 2 is 1.72 bits per heavy atom. The molecule has 1 aromatic heterocycles. The Hall–Kier alpha value is -3.54. The Bertz CT molecular complexity index is 868. The second-order valence-electron chi connectivity index (χ2n) is 6.61. The van der Waals surface area contributed by atoms with Gasteiger partial charge in [0.15, 0.2) is 0 Å². The zero-order valence-electron chi connectivity index (χ0n) is 16.3. The maximum absolute atomic E-state index is 12.3. The average Bonchev–Trinajstić information content (AvgIpc) is 2.75. The van der Waals surface area contributed by atoms with Gasteiger partial charge in [-0.3, -0.25) is 0 Å². The molecule has 152 valence electrons. The molecule has 0 aliphatic heterocycles. The first-order valence-corrected chi connectivity index (χ1v) is 9.29. The van der Waals surface area contributed by atoms with Gasteiger partial charge >= 0.3 is 6.03 Å². The van der Waals surface area contributed by atoms with Gasteiger partial charge in [-0.15, -0.1) is 0 Å². The highest BCUT2D eigenvalue weighted by Gasteiger charge is 2.25. The summed E-state index contributed by atoms with van der Waals surface area (Å²) < 4.78 is 16.2. The molecule has 1 heterocycles. The fourth-order valence-corrected chi connectivity index (χ4v) is 3.20. The number of carbonyl (C=O) groups is 1. The van der Waals surface area contributed by atoms with Crippen LogP contribution in [-0.4, -0.2) is 42.4 Å². The minimum absolute atomic E-state index is 0.0413. The number of ether oxygens (including phenoxy) is 3. The molecule has 0 atom stereocenters. The molecule has 0 bridgehead atoms. The van der Waals surface area contributed by atoms with E-state index >= 15 is 0 Å². The number of urea groups is 1. The third-order valence-corrected chi connectivity index (χ3v) is 4.67. The van der Waals surface area contributed by atoms with Crippen molar-refractivity contribution in [1.82, 2.24) is 15.3 Å². The molecule has 0 unspecified atom stereocenters. The van der Waals surface area contributed by atoms with Crippen LogP contribution in [0.4, 0.5) is 10.5 Å². The number of hydrogen-bond acceptors (Lipinski definition) is 7. The maximum Gasteiger partial charge on any atom is 0.319 e. The van der Waals surface area contributed by atoms with Crippen molar-refractivity contribution < 1.29 is 19.0 Å². The van der Waals surface area contributed by atoms with E-state index in [0.29, 0.717) is 17.2 Å². The fourth-order valence-electron chi connectivity index (χ4n) is 3.20. The minimum atomic E-state index is -0.287. The van der Waals surface area contributed by atoms with Crippen LogP contribution >= 0.6 is 0 Å². The molecular weight excluding hydrogens is 374 g/mol. The third kappa shape index (κ3) is 5.48. The van der Waals surface area contributed by atoms with Crippen molar-refractivity contribution >= 4 is 11.7 Å². The number of methoxy groups -OCH3 is 2. The number of carbonyl (C=O) groups excluding carboxylic acids is 1. The van der Waals surface area contributed by atoms with E-state index in [1.165, 1.54) is 12.4 Å². The van der Waals surface area contributed by atoms with E-state index in [4.69, 9.17) is 19.5 Å². The lowest BCUT2D eigenvalue weighted by molar-refractivity contribution is 0.134. The lowest BCUT2D eigenvalue weighted by Crippen LogP contribution is -2.41. The summed E-state index contributed by atoms with van der Waals surface area (Å²) in [5.41, 5.74) is 0.767. The van der Waals surface area contributed by atoms with Gasteiger partial charge in [0.1, 0.15) is 23.7 Å². The van der Waals surface area contributed by atoms with Crippen LogP contribution < -0.4 is 24.8 Å². The molecule has 0 saturated heterocycles. The molecule has 0 spiro atoms. The molecule has 9 nitrogen and oxygen atoms in total. The normalized spacial score (nSPS) is 18.2. The van der Waals surface area contributed by atoms with Gasteiger partial charge in [-0.2, -0.15) is 5.26 Å². The molecule has 29 heavy (non-hydrogen) atoms. The molecule has 3 rings (SSSR count). The van der Waals surface area contributed by atoms with Gasteiger partial charge < -0.3 is 24.8 Å². The predicted octanol–water partition coefficient (Wildman–Crippen LogP) is 2.88. The van der Waals surface area contributed by atoms with Gasteiger partial charge in [-0.25, -0.2) is 14.8 Å². The van der Waals surface area contributed by atoms with Gasteiger partial charge in [0, 0.05) is 42.3 Å². The monoisotopic (exact) mass is 397 g/mol. The SMILES string of the molecule is COc1cc(NC(=O)NC2CCC(Oc3nccnc3C#N)CC2)cc(OC)c1. The highest BCUT2D eigenvalue weighted by molar-refractivity contribution is 5.90. The van der Waals surface area contributed by atoms with Crippen molar-refractivity contribution in [2.45, 2.75) is 37.8 Å². The summed E-state index contributed by atoms with van der Waals surface area (Å²) >= 11 is 0. The van der Waals surface area contributed by atoms with Crippen molar-refractivity contribution in [1.29, 1.82) is 5.26 Å². The first-order valence-electron chi connectivity index (χ1n) is 9.29. The molecule has 9 heteroatoms. The Balaban J connectivity index is 1.49. The number of anilines is 1. The van der Waals surface area contributed by atoms with E-state index < -0.39 is 0 Å². The van der Waals surface area contributed by atoms with Crippen molar-refractivity contribution in [3.8, 4) is 23.4 Å². The second kappa shape index (κ2) is 9.59. The zero-order valence-corrected chi connectivity index (χ0v) is 16.3. The number of rotatable bonds is 6. The molecule has 1 aromatic carbocycles. The summed E-state index contributed by atoms with van der Waals surface area (Å²) in [4.78, 5) is 20.4. The van der Waals surface area contributed by atoms with Gasteiger partial charge in [0.2, 0.25) is 5.69 Å². The number of nitriles is 1. The number of amides is 2. The molecule has 2 amide bonds. The topological polar surface area (TPSA) is 118 Å². The van der Waals surface area contributed by atoms with E-state index in [9.17, 15) is 4.79 Å². The van der Waals surface area contributed by atoms with Gasteiger partial charge in [0.25, 0.3) is 5.88 Å². The van der Waals surface area contributed by atoms with Gasteiger partial charge in [-0.1, -0.05) is 0 Å². The zero-order chi connectivity index (χ0) is 20.6. The molecule has 0 radical (unpaired) electrons. The maximum atomic E-state index is 12.3. The van der Waals surface area contributed by atoms with Crippen LogP contribution in [0.15, 0.2) is 30.6 Å². The third-order valence-electron chi connectivity index (χ3n) is 4.67. The van der Waals surface area contributed by atoms with Crippen LogP contribution in [0.25, 0.3) is 0 Å². The van der Waals surface area contributed by atoms with Crippen LogP contribution in [0.1, 0.15) is 31.4 Å². The number of nitrogens with one attached hydrogen (secondary N) is 2. The fraction of sp³-hybridized carbons (Fsp3) is 0.400. The molecular formula is C20H23N5O4. The molecule has 2 N–H and O–H groups in total. The molecule has 1 saturated carbocycles. The predicted molar refractivity (Wildman–Crippen MR) is 105 cm³/mol. The van der Waals surface area contributed by atoms with E-state index in [0.717, 1.165) is 25.7 Å². The highest BCUT2D eigenvalue weighted by Crippen LogP contribution is 2.26. The van der Waals surface area contributed by atoms with Crippen LogP contribution in [0.2, 0.25) is 0 Å². The van der Waals surface area contributed by atoms with Crippen LogP contribution in [0.3, 0.4) is 0 Å².